The zero-order valence-corrected chi connectivity index (χ0v) is 11.6. The molecular formula is C13H21BrO. The average Bonchev–Trinajstić information content (AvgIpc) is 2.20. The maximum Gasteiger partial charge on any atom is 0.0402 e. The van der Waals surface area contributed by atoms with Crippen LogP contribution in [-0.2, 0) is 5.41 Å². The monoisotopic (exact) mass is 272 g/mol. The summed E-state index contributed by atoms with van der Waals surface area (Å²) in [5, 5.41) is 7.57. The lowest BCUT2D eigenvalue weighted by molar-refractivity contribution is 0.318. The van der Waals surface area contributed by atoms with Crippen molar-refractivity contribution in [2.45, 2.75) is 39.5 Å². The van der Waals surface area contributed by atoms with Gasteiger partial charge >= 0.3 is 0 Å². The third kappa shape index (κ3) is 5.33. The largest absolute Gasteiger partial charge is 0.397 e. The summed E-state index contributed by atoms with van der Waals surface area (Å²) < 4.78 is 1.15. The molecule has 0 bridgehead atoms. The Labute approximate surface area is 102 Å². The minimum Gasteiger partial charge on any atom is -0.397 e. The number of hydrogen-bond donors (Lipinski definition) is 1. The van der Waals surface area contributed by atoms with Crippen LogP contribution in [0.2, 0.25) is 0 Å². The lowest BCUT2D eigenvalue weighted by Crippen LogP contribution is -2.14. The van der Waals surface area contributed by atoms with E-state index in [-0.39, 0.29) is 6.61 Å². The van der Waals surface area contributed by atoms with Gasteiger partial charge in [0.15, 0.2) is 0 Å². The van der Waals surface area contributed by atoms with Gasteiger partial charge in [-0.05, 0) is 36.5 Å². The number of aliphatic hydroxyl groups is 1. The van der Waals surface area contributed by atoms with Crippen molar-refractivity contribution in [3.63, 3.8) is 0 Å². The third-order valence-corrected chi connectivity index (χ3v) is 3.04. The van der Waals surface area contributed by atoms with Gasteiger partial charge in [-0.2, -0.15) is 0 Å². The maximum atomic E-state index is 7.57. The van der Waals surface area contributed by atoms with E-state index in [2.05, 4.69) is 61.0 Å². The molecule has 0 atom stereocenters. The van der Waals surface area contributed by atoms with Crippen LogP contribution >= 0.6 is 15.9 Å². The molecule has 0 spiro atoms. The first kappa shape index (κ1) is 14.7. The molecule has 1 nitrogen and oxygen atoms in total. The molecule has 1 N–H and O–H groups in total. The quantitative estimate of drug-likeness (QED) is 0.858. The highest BCUT2D eigenvalue weighted by Crippen LogP contribution is 2.27. The Morgan fingerprint density at radius 2 is 1.53 bits per heavy atom. The Kier molecular flexibility index (Phi) is 6.86. The van der Waals surface area contributed by atoms with Crippen LogP contribution in [-0.4, -0.2) is 11.7 Å². The molecule has 2 heteroatoms. The van der Waals surface area contributed by atoms with Crippen molar-refractivity contribution in [3.05, 3.63) is 34.3 Å². The highest BCUT2D eigenvalue weighted by molar-refractivity contribution is 9.10. The van der Waals surface area contributed by atoms with Gasteiger partial charge in [-0.25, -0.2) is 0 Å². The van der Waals surface area contributed by atoms with Crippen molar-refractivity contribution in [1.82, 2.24) is 0 Å². The van der Waals surface area contributed by atoms with E-state index in [4.69, 9.17) is 5.11 Å². The SMILES string of the molecule is CCC(C)(C)c1ccc(Br)cc1.CCO. The van der Waals surface area contributed by atoms with Crippen molar-refractivity contribution < 1.29 is 5.11 Å². The van der Waals surface area contributed by atoms with Crippen LogP contribution in [0.25, 0.3) is 0 Å². The summed E-state index contributed by atoms with van der Waals surface area (Å²) in [6.45, 7) is 8.70. The predicted molar refractivity (Wildman–Crippen MR) is 70.2 cm³/mol. The van der Waals surface area contributed by atoms with E-state index < -0.39 is 0 Å². The van der Waals surface area contributed by atoms with E-state index in [1.165, 1.54) is 12.0 Å². The van der Waals surface area contributed by atoms with Crippen LogP contribution in [0, 0.1) is 0 Å². The standard InChI is InChI=1S/C11H15Br.C2H6O/c1-4-11(2,3)9-5-7-10(12)8-6-9;1-2-3/h5-8H,4H2,1-3H3;3H,2H2,1H3. The molecular weight excluding hydrogens is 252 g/mol. The van der Waals surface area contributed by atoms with Gasteiger partial charge < -0.3 is 5.11 Å². The molecule has 86 valence electrons. The molecule has 0 saturated heterocycles. The molecule has 1 rings (SSSR count). The fourth-order valence-electron chi connectivity index (χ4n) is 1.11. The smallest absolute Gasteiger partial charge is 0.0402 e. The molecule has 0 heterocycles. The van der Waals surface area contributed by atoms with E-state index in [0.29, 0.717) is 5.41 Å². The van der Waals surface area contributed by atoms with E-state index in [1.807, 2.05) is 0 Å². The molecule has 0 aliphatic rings. The van der Waals surface area contributed by atoms with E-state index in [1.54, 1.807) is 6.92 Å². The van der Waals surface area contributed by atoms with Gasteiger partial charge in [-0.3, -0.25) is 0 Å². The van der Waals surface area contributed by atoms with Crippen LogP contribution < -0.4 is 0 Å². The first-order valence-corrected chi connectivity index (χ1v) is 6.14. The Morgan fingerprint density at radius 3 is 1.87 bits per heavy atom. The van der Waals surface area contributed by atoms with Crippen molar-refractivity contribution in [2.75, 3.05) is 6.61 Å². The summed E-state index contributed by atoms with van der Waals surface area (Å²) in [5.74, 6) is 0. The Balaban J connectivity index is 0.000000583. The normalized spacial score (nSPS) is 10.5. The van der Waals surface area contributed by atoms with Crippen LogP contribution in [0.3, 0.4) is 0 Å². The number of aliphatic hydroxyl groups excluding tert-OH is 1. The molecule has 0 unspecified atom stereocenters. The van der Waals surface area contributed by atoms with Crippen LogP contribution in [0.1, 0.15) is 39.7 Å². The second-order valence-electron chi connectivity index (χ2n) is 4.06. The van der Waals surface area contributed by atoms with Gasteiger partial charge in [0, 0.05) is 11.1 Å². The van der Waals surface area contributed by atoms with Gasteiger partial charge in [-0.1, -0.05) is 48.8 Å². The molecule has 0 aliphatic heterocycles. The predicted octanol–water partition coefficient (Wildman–Crippen LogP) is 4.14. The summed E-state index contributed by atoms with van der Waals surface area (Å²) >= 11 is 3.43. The molecule has 15 heavy (non-hydrogen) atoms. The summed E-state index contributed by atoms with van der Waals surface area (Å²) in [6.07, 6.45) is 1.18. The molecule has 0 aromatic heterocycles. The molecule has 0 radical (unpaired) electrons. The second-order valence-corrected chi connectivity index (χ2v) is 4.98. The third-order valence-electron chi connectivity index (χ3n) is 2.51. The average molecular weight is 273 g/mol. The molecule has 0 fully saturated rings. The maximum absolute atomic E-state index is 7.57. The van der Waals surface area contributed by atoms with Crippen molar-refractivity contribution in [2.24, 2.45) is 0 Å². The number of hydrogen-bond acceptors (Lipinski definition) is 1. The fraction of sp³-hybridized carbons (Fsp3) is 0.538. The van der Waals surface area contributed by atoms with Crippen LogP contribution in [0.5, 0.6) is 0 Å². The zero-order valence-electron chi connectivity index (χ0n) is 10.0. The summed E-state index contributed by atoms with van der Waals surface area (Å²) in [6, 6.07) is 8.58. The number of rotatable bonds is 2. The summed E-state index contributed by atoms with van der Waals surface area (Å²) in [5.41, 5.74) is 1.72. The van der Waals surface area contributed by atoms with Crippen molar-refractivity contribution >= 4 is 15.9 Å². The van der Waals surface area contributed by atoms with Gasteiger partial charge in [0.1, 0.15) is 0 Å². The van der Waals surface area contributed by atoms with E-state index >= 15 is 0 Å². The minimum atomic E-state index is 0.250. The molecule has 0 saturated carbocycles. The molecule has 0 aliphatic carbocycles. The summed E-state index contributed by atoms with van der Waals surface area (Å²) in [4.78, 5) is 0. The number of halogens is 1. The highest BCUT2D eigenvalue weighted by Gasteiger charge is 2.16. The Bertz CT molecular complexity index is 264. The number of benzene rings is 1. The van der Waals surface area contributed by atoms with Gasteiger partial charge in [0.25, 0.3) is 0 Å². The topological polar surface area (TPSA) is 20.2 Å². The van der Waals surface area contributed by atoms with Gasteiger partial charge in [-0.15, -0.1) is 0 Å². The fourth-order valence-corrected chi connectivity index (χ4v) is 1.37. The van der Waals surface area contributed by atoms with E-state index in [9.17, 15) is 0 Å². The van der Waals surface area contributed by atoms with Gasteiger partial charge in [0.2, 0.25) is 0 Å². The second kappa shape index (κ2) is 7.02. The zero-order chi connectivity index (χ0) is 11.9. The molecule has 1 aromatic carbocycles. The minimum absolute atomic E-state index is 0.250. The Hall–Kier alpha value is -0.340. The van der Waals surface area contributed by atoms with Crippen LogP contribution in [0.4, 0.5) is 0 Å². The molecule has 0 amide bonds. The first-order chi connectivity index (χ1) is 6.97. The lowest BCUT2D eigenvalue weighted by atomic mass is 9.82. The van der Waals surface area contributed by atoms with E-state index in [0.717, 1.165) is 4.47 Å². The van der Waals surface area contributed by atoms with Crippen molar-refractivity contribution in [3.8, 4) is 0 Å². The van der Waals surface area contributed by atoms with Gasteiger partial charge in [0.05, 0.1) is 0 Å². The first-order valence-electron chi connectivity index (χ1n) is 5.34. The summed E-state index contributed by atoms with van der Waals surface area (Å²) in [7, 11) is 0. The van der Waals surface area contributed by atoms with Crippen LogP contribution in [0.15, 0.2) is 28.7 Å². The lowest BCUT2D eigenvalue weighted by Gasteiger charge is -2.23. The Morgan fingerprint density at radius 1 is 1.13 bits per heavy atom. The highest BCUT2D eigenvalue weighted by atomic mass is 79.9. The van der Waals surface area contributed by atoms with Crippen molar-refractivity contribution in [1.29, 1.82) is 0 Å². The molecule has 1 aromatic rings.